The van der Waals surface area contributed by atoms with E-state index < -0.39 is 0 Å². The van der Waals surface area contributed by atoms with E-state index >= 15 is 0 Å². The average molecular weight is 473 g/mol. The molecule has 1 aromatic heterocycles. The fourth-order valence-electron chi connectivity index (χ4n) is 5.61. The Morgan fingerprint density at radius 1 is 1.03 bits per heavy atom. The summed E-state index contributed by atoms with van der Waals surface area (Å²) in [6, 6.07) is 22.8. The van der Waals surface area contributed by atoms with Gasteiger partial charge in [0, 0.05) is 37.6 Å². The van der Waals surface area contributed by atoms with Crippen molar-refractivity contribution in [3.8, 4) is 0 Å². The minimum Gasteiger partial charge on any atom is -0.332 e. The molecule has 2 saturated heterocycles. The molecule has 4 atom stereocenters. The first-order valence-corrected chi connectivity index (χ1v) is 12.5. The molecule has 0 bridgehead atoms. The number of hydrogen-bond donors (Lipinski definition) is 1. The summed E-state index contributed by atoms with van der Waals surface area (Å²) in [4.78, 5) is 22.7. The van der Waals surface area contributed by atoms with E-state index in [0.29, 0.717) is 24.1 Å². The van der Waals surface area contributed by atoms with Gasteiger partial charge in [0.1, 0.15) is 11.5 Å². The van der Waals surface area contributed by atoms with Crippen LogP contribution in [0.2, 0.25) is 0 Å². The summed E-state index contributed by atoms with van der Waals surface area (Å²) in [5, 5.41) is 0. The molecule has 2 aliphatic rings. The van der Waals surface area contributed by atoms with E-state index in [1.54, 1.807) is 18.2 Å². The number of likely N-dealkylation sites (tertiary alicyclic amines) is 2. The lowest BCUT2D eigenvalue weighted by Gasteiger charge is -2.28. The molecule has 182 valence electrons. The van der Waals surface area contributed by atoms with Gasteiger partial charge >= 0.3 is 0 Å². The van der Waals surface area contributed by atoms with Crippen LogP contribution in [0.1, 0.15) is 65.0 Å². The van der Waals surface area contributed by atoms with Crippen LogP contribution in [-0.4, -0.2) is 52.9 Å². The van der Waals surface area contributed by atoms with Gasteiger partial charge in [-0.3, -0.25) is 4.79 Å². The Hall–Kier alpha value is -3.09. The maximum atomic E-state index is 13.8. The lowest BCUT2D eigenvalue weighted by atomic mass is 9.96. The molecule has 3 aromatic rings. The van der Waals surface area contributed by atoms with E-state index in [1.807, 2.05) is 36.1 Å². The number of rotatable bonds is 6. The number of hydrogen-bond acceptors (Lipinski definition) is 4. The van der Waals surface area contributed by atoms with Crippen LogP contribution >= 0.6 is 0 Å². The number of benzene rings is 2. The van der Waals surface area contributed by atoms with Gasteiger partial charge in [-0.15, -0.1) is 0 Å². The molecule has 35 heavy (non-hydrogen) atoms. The minimum absolute atomic E-state index is 0.0307. The Morgan fingerprint density at radius 2 is 1.80 bits per heavy atom. The highest BCUT2D eigenvalue weighted by atomic mass is 19.1. The molecule has 0 spiro atoms. The van der Waals surface area contributed by atoms with Crippen molar-refractivity contribution in [2.75, 3.05) is 26.2 Å². The van der Waals surface area contributed by atoms with Gasteiger partial charge in [0.05, 0.1) is 5.69 Å². The van der Waals surface area contributed by atoms with Gasteiger partial charge < -0.3 is 15.5 Å². The Bertz CT molecular complexity index is 1170. The monoisotopic (exact) mass is 472 g/mol. The van der Waals surface area contributed by atoms with Gasteiger partial charge in [-0.2, -0.15) is 0 Å². The third-order valence-corrected chi connectivity index (χ3v) is 7.46. The summed E-state index contributed by atoms with van der Waals surface area (Å²) in [7, 11) is 0. The lowest BCUT2D eigenvalue weighted by molar-refractivity contribution is 0.0701. The van der Waals surface area contributed by atoms with Crippen molar-refractivity contribution in [2.24, 2.45) is 5.73 Å². The number of amides is 1. The van der Waals surface area contributed by atoms with Crippen LogP contribution in [0.5, 0.6) is 0 Å². The summed E-state index contributed by atoms with van der Waals surface area (Å²) in [6.07, 6.45) is 1.92. The maximum Gasteiger partial charge on any atom is 0.272 e. The third-order valence-electron chi connectivity index (χ3n) is 7.46. The highest BCUT2D eigenvalue weighted by molar-refractivity contribution is 5.93. The molecule has 0 aliphatic carbocycles. The Balaban J connectivity index is 1.34. The number of nitrogens with two attached hydrogens (primary N) is 1. The summed E-state index contributed by atoms with van der Waals surface area (Å²) in [5.74, 6) is 0.409. The van der Waals surface area contributed by atoms with E-state index in [2.05, 4.69) is 34.1 Å². The predicted molar refractivity (Wildman–Crippen MR) is 136 cm³/mol. The number of nitrogens with zero attached hydrogens (tertiary/aromatic N) is 3. The molecule has 1 amide bonds. The van der Waals surface area contributed by atoms with Crippen molar-refractivity contribution in [1.82, 2.24) is 14.8 Å². The van der Waals surface area contributed by atoms with Crippen molar-refractivity contribution in [1.29, 1.82) is 0 Å². The smallest absolute Gasteiger partial charge is 0.272 e. The van der Waals surface area contributed by atoms with Gasteiger partial charge in [-0.1, -0.05) is 48.5 Å². The third kappa shape index (κ3) is 5.29. The summed E-state index contributed by atoms with van der Waals surface area (Å²) in [5.41, 5.74) is 9.53. The van der Waals surface area contributed by atoms with E-state index in [4.69, 9.17) is 5.73 Å². The van der Waals surface area contributed by atoms with Crippen molar-refractivity contribution in [2.45, 2.75) is 43.7 Å². The standard InChI is InChI=1S/C29H33FN4O/c1-20(31)27-11-6-12-28(32-27)29(35)34-18-24(21-7-3-2-4-8-21)16-26(34)19-33-14-13-23(17-33)22-9-5-10-25(30)15-22/h2-12,15,20,23-24,26H,13-14,16-19,31H2,1H3/t20?,23?,24-,26-/m0/s1. The molecule has 3 heterocycles. The molecular formula is C29H33FN4O. The van der Waals surface area contributed by atoms with E-state index in [9.17, 15) is 9.18 Å². The predicted octanol–water partition coefficient (Wildman–Crippen LogP) is 4.73. The fourth-order valence-corrected chi connectivity index (χ4v) is 5.61. The quantitative estimate of drug-likeness (QED) is 0.564. The second kappa shape index (κ2) is 10.3. The van der Waals surface area contributed by atoms with Crippen LogP contribution in [0, 0.1) is 5.82 Å². The molecule has 2 unspecified atom stereocenters. The van der Waals surface area contributed by atoms with E-state index in [0.717, 1.165) is 43.7 Å². The topological polar surface area (TPSA) is 62.5 Å². The van der Waals surface area contributed by atoms with Crippen LogP contribution in [0.15, 0.2) is 72.8 Å². The molecule has 6 heteroatoms. The molecule has 5 nitrogen and oxygen atoms in total. The highest BCUT2D eigenvalue weighted by Gasteiger charge is 2.38. The van der Waals surface area contributed by atoms with Gasteiger partial charge in [-0.25, -0.2) is 9.37 Å². The second-order valence-electron chi connectivity index (χ2n) is 9.99. The first kappa shape index (κ1) is 23.6. The van der Waals surface area contributed by atoms with Crippen molar-refractivity contribution < 1.29 is 9.18 Å². The van der Waals surface area contributed by atoms with Gasteiger partial charge in [0.2, 0.25) is 0 Å². The van der Waals surface area contributed by atoms with Crippen LogP contribution in [-0.2, 0) is 0 Å². The van der Waals surface area contributed by atoms with Crippen LogP contribution in [0.3, 0.4) is 0 Å². The minimum atomic E-state index is -0.224. The van der Waals surface area contributed by atoms with Crippen molar-refractivity contribution in [3.63, 3.8) is 0 Å². The largest absolute Gasteiger partial charge is 0.332 e. The van der Waals surface area contributed by atoms with Crippen molar-refractivity contribution >= 4 is 5.91 Å². The first-order chi connectivity index (χ1) is 17.0. The number of halogens is 1. The number of pyridine rings is 1. The molecule has 2 aromatic carbocycles. The Morgan fingerprint density at radius 3 is 2.57 bits per heavy atom. The molecule has 0 radical (unpaired) electrons. The Kier molecular flexibility index (Phi) is 6.93. The molecule has 2 fully saturated rings. The van der Waals surface area contributed by atoms with Crippen molar-refractivity contribution in [3.05, 3.63) is 101 Å². The maximum absolute atomic E-state index is 13.8. The zero-order chi connectivity index (χ0) is 24.4. The number of carbonyl (C=O) groups excluding carboxylic acids is 1. The molecule has 0 saturated carbocycles. The normalized spacial score (nSPS) is 23.5. The Labute approximate surface area is 206 Å². The average Bonchev–Trinajstić information content (AvgIpc) is 3.52. The van der Waals surface area contributed by atoms with Crippen LogP contribution < -0.4 is 5.73 Å². The van der Waals surface area contributed by atoms with Gasteiger partial charge in [0.15, 0.2) is 0 Å². The van der Waals surface area contributed by atoms with Crippen LogP contribution in [0.4, 0.5) is 4.39 Å². The molecular weight excluding hydrogens is 439 g/mol. The molecule has 5 rings (SSSR count). The highest BCUT2D eigenvalue weighted by Crippen LogP contribution is 2.35. The number of aromatic nitrogens is 1. The van der Waals surface area contributed by atoms with Crippen LogP contribution in [0.25, 0.3) is 0 Å². The number of carbonyl (C=O) groups is 1. The SMILES string of the molecule is CC(N)c1cccc(C(=O)N2C[C@@H](c3ccccc3)C[C@H]2CN2CCC(c3cccc(F)c3)C2)n1. The van der Waals surface area contributed by atoms with E-state index in [-0.39, 0.29) is 23.8 Å². The van der Waals surface area contributed by atoms with Gasteiger partial charge in [-0.05, 0) is 67.6 Å². The second-order valence-corrected chi connectivity index (χ2v) is 9.99. The summed E-state index contributed by atoms with van der Waals surface area (Å²) >= 11 is 0. The van der Waals surface area contributed by atoms with E-state index in [1.165, 1.54) is 11.6 Å². The summed E-state index contributed by atoms with van der Waals surface area (Å²) < 4.78 is 13.8. The molecule has 2 aliphatic heterocycles. The zero-order valence-corrected chi connectivity index (χ0v) is 20.2. The summed E-state index contributed by atoms with van der Waals surface area (Å²) in [6.45, 7) is 5.21. The van der Waals surface area contributed by atoms with Gasteiger partial charge in [0.25, 0.3) is 5.91 Å². The molecule has 2 N–H and O–H groups in total. The zero-order valence-electron chi connectivity index (χ0n) is 20.2. The first-order valence-electron chi connectivity index (χ1n) is 12.5. The fraction of sp³-hybridized carbons (Fsp3) is 0.379. The lowest BCUT2D eigenvalue weighted by Crippen LogP contribution is -2.43.